The number of piperidine rings is 1. The summed E-state index contributed by atoms with van der Waals surface area (Å²) >= 11 is 13.6. The number of urea groups is 1. The van der Waals surface area contributed by atoms with Gasteiger partial charge in [-0.25, -0.2) is 9.18 Å². The van der Waals surface area contributed by atoms with E-state index in [2.05, 4.69) is 5.32 Å². The van der Waals surface area contributed by atoms with Crippen molar-refractivity contribution < 1.29 is 14.0 Å². The van der Waals surface area contributed by atoms with Crippen LogP contribution in [0.5, 0.6) is 0 Å². The summed E-state index contributed by atoms with van der Waals surface area (Å²) in [5, 5.41) is 3.68. The minimum atomic E-state index is -0.413. The van der Waals surface area contributed by atoms with Crippen LogP contribution >= 0.6 is 35.0 Å². The van der Waals surface area contributed by atoms with Crippen LogP contribution in [0.2, 0.25) is 10.0 Å². The minimum absolute atomic E-state index is 0.00690. The van der Waals surface area contributed by atoms with Gasteiger partial charge in [-0.05, 0) is 55.3 Å². The largest absolute Gasteiger partial charge is 0.324 e. The van der Waals surface area contributed by atoms with E-state index in [1.54, 1.807) is 51.9 Å². The van der Waals surface area contributed by atoms with Gasteiger partial charge in [0.05, 0.1) is 21.3 Å². The molecule has 0 aromatic heterocycles. The fourth-order valence-corrected chi connectivity index (χ4v) is 5.52. The number of anilines is 2. The van der Waals surface area contributed by atoms with Crippen LogP contribution in [-0.4, -0.2) is 40.6 Å². The molecule has 1 spiro atoms. The van der Waals surface area contributed by atoms with Crippen molar-refractivity contribution >= 4 is 58.3 Å². The summed E-state index contributed by atoms with van der Waals surface area (Å²) in [5.74, 6) is 0.0474. The second-order valence-electron chi connectivity index (χ2n) is 6.98. The Morgan fingerprint density at radius 1 is 1.10 bits per heavy atom. The van der Waals surface area contributed by atoms with Crippen molar-refractivity contribution in [1.82, 2.24) is 4.90 Å². The molecule has 0 bridgehead atoms. The molecule has 4 rings (SSSR count). The van der Waals surface area contributed by atoms with E-state index in [9.17, 15) is 14.0 Å². The molecule has 29 heavy (non-hydrogen) atoms. The number of nitrogens with zero attached hydrogens (tertiary/aromatic N) is 2. The normalized spacial score (nSPS) is 18.4. The Morgan fingerprint density at radius 2 is 1.79 bits per heavy atom. The molecule has 0 atom stereocenters. The number of likely N-dealkylation sites (tertiary alicyclic amines) is 1. The maximum Gasteiger partial charge on any atom is 0.321 e. The number of nitrogens with one attached hydrogen (secondary N) is 1. The SMILES string of the molecule is O=C(Nc1ccc(Cl)cc1Cl)N1CCC2(CC1)SCC(=O)N2c1ccc(F)cc1. The summed E-state index contributed by atoms with van der Waals surface area (Å²) < 4.78 is 13.3. The van der Waals surface area contributed by atoms with Gasteiger partial charge in [-0.2, -0.15) is 0 Å². The van der Waals surface area contributed by atoms with Crippen molar-refractivity contribution in [2.24, 2.45) is 0 Å². The predicted molar refractivity (Wildman–Crippen MR) is 115 cm³/mol. The first kappa shape index (κ1) is 20.3. The first-order valence-corrected chi connectivity index (χ1v) is 10.9. The highest BCUT2D eigenvalue weighted by Gasteiger charge is 2.49. The Labute approximate surface area is 182 Å². The Morgan fingerprint density at radius 3 is 2.45 bits per heavy atom. The first-order valence-electron chi connectivity index (χ1n) is 9.11. The highest BCUT2D eigenvalue weighted by molar-refractivity contribution is 8.02. The van der Waals surface area contributed by atoms with E-state index < -0.39 is 4.87 Å². The molecule has 152 valence electrons. The lowest BCUT2D eigenvalue weighted by Gasteiger charge is -2.43. The number of hydrogen-bond acceptors (Lipinski definition) is 3. The minimum Gasteiger partial charge on any atom is -0.324 e. The molecule has 0 saturated carbocycles. The topological polar surface area (TPSA) is 52.7 Å². The Kier molecular flexibility index (Phi) is 5.64. The van der Waals surface area contributed by atoms with Crippen LogP contribution in [0.4, 0.5) is 20.6 Å². The van der Waals surface area contributed by atoms with Gasteiger partial charge in [0, 0.05) is 23.8 Å². The van der Waals surface area contributed by atoms with Gasteiger partial charge >= 0.3 is 6.03 Å². The van der Waals surface area contributed by atoms with Crippen molar-refractivity contribution in [1.29, 1.82) is 0 Å². The number of rotatable bonds is 2. The highest BCUT2D eigenvalue weighted by atomic mass is 35.5. The number of thioether (sulfide) groups is 1. The van der Waals surface area contributed by atoms with E-state index in [1.165, 1.54) is 12.1 Å². The molecule has 5 nitrogen and oxygen atoms in total. The van der Waals surface area contributed by atoms with Crippen molar-refractivity contribution in [2.45, 2.75) is 17.7 Å². The lowest BCUT2D eigenvalue weighted by Crippen LogP contribution is -2.53. The summed E-state index contributed by atoms with van der Waals surface area (Å²) in [6, 6.07) is 10.6. The zero-order valence-electron chi connectivity index (χ0n) is 15.3. The molecule has 3 amide bonds. The molecule has 2 saturated heterocycles. The fourth-order valence-electron chi connectivity index (χ4n) is 3.73. The smallest absolute Gasteiger partial charge is 0.321 e. The van der Waals surface area contributed by atoms with Crippen LogP contribution in [-0.2, 0) is 4.79 Å². The third kappa shape index (κ3) is 4.04. The van der Waals surface area contributed by atoms with E-state index in [0.717, 1.165) is 0 Å². The molecule has 2 aromatic carbocycles. The molecular weight excluding hydrogens is 436 g/mol. The number of hydrogen-bond donors (Lipinski definition) is 1. The highest BCUT2D eigenvalue weighted by Crippen LogP contribution is 2.46. The van der Waals surface area contributed by atoms with Crippen LogP contribution in [0.25, 0.3) is 0 Å². The van der Waals surface area contributed by atoms with Gasteiger partial charge in [-0.1, -0.05) is 23.2 Å². The first-order chi connectivity index (χ1) is 13.9. The maximum atomic E-state index is 13.3. The van der Waals surface area contributed by atoms with Crippen molar-refractivity contribution in [3.63, 3.8) is 0 Å². The van der Waals surface area contributed by atoms with Crippen LogP contribution in [0.1, 0.15) is 12.8 Å². The van der Waals surface area contributed by atoms with Gasteiger partial charge in [0.15, 0.2) is 0 Å². The summed E-state index contributed by atoms with van der Waals surface area (Å²) in [7, 11) is 0. The standard InChI is InChI=1S/C20H18Cl2FN3O2S/c21-13-1-6-17(16(22)11-13)24-19(28)25-9-7-20(8-10-25)26(18(27)12-29-20)15-4-2-14(23)3-5-15/h1-6,11H,7-10,12H2,(H,24,28). The van der Waals surface area contributed by atoms with Gasteiger partial charge in [0.1, 0.15) is 5.82 Å². The summed E-state index contributed by atoms with van der Waals surface area (Å²) in [6.07, 6.45) is 1.26. The third-order valence-corrected chi connectivity index (χ3v) is 7.28. The van der Waals surface area contributed by atoms with Gasteiger partial charge < -0.3 is 10.2 Å². The van der Waals surface area contributed by atoms with Crippen LogP contribution in [0.3, 0.4) is 0 Å². The molecule has 2 aromatic rings. The Bertz CT molecular complexity index is 949. The molecule has 0 unspecified atom stereocenters. The monoisotopic (exact) mass is 453 g/mol. The second-order valence-corrected chi connectivity index (χ2v) is 9.16. The Hall–Kier alpha value is -1.96. The fraction of sp³-hybridized carbons (Fsp3) is 0.300. The number of benzene rings is 2. The average Bonchev–Trinajstić information content (AvgIpc) is 3.01. The van der Waals surface area contributed by atoms with E-state index in [-0.39, 0.29) is 17.8 Å². The van der Waals surface area contributed by atoms with E-state index in [4.69, 9.17) is 23.2 Å². The number of carbonyl (C=O) groups is 2. The number of halogens is 3. The molecule has 2 heterocycles. The third-order valence-electron chi connectivity index (χ3n) is 5.21. The summed E-state index contributed by atoms with van der Waals surface area (Å²) in [4.78, 5) is 28.3. The van der Waals surface area contributed by atoms with Crippen LogP contribution < -0.4 is 10.2 Å². The molecule has 0 aliphatic carbocycles. The molecule has 0 radical (unpaired) electrons. The second kappa shape index (κ2) is 8.05. The summed E-state index contributed by atoms with van der Waals surface area (Å²) in [6.45, 7) is 0.990. The lowest BCUT2D eigenvalue weighted by molar-refractivity contribution is -0.116. The number of amides is 3. The van der Waals surface area contributed by atoms with Crippen molar-refractivity contribution in [2.75, 3.05) is 29.1 Å². The van der Waals surface area contributed by atoms with Gasteiger partial charge in [-0.15, -0.1) is 11.8 Å². The average molecular weight is 454 g/mol. The maximum absolute atomic E-state index is 13.3. The van der Waals surface area contributed by atoms with Crippen LogP contribution in [0, 0.1) is 5.82 Å². The van der Waals surface area contributed by atoms with E-state index in [1.807, 2.05) is 0 Å². The van der Waals surface area contributed by atoms with E-state index in [0.29, 0.717) is 53.1 Å². The zero-order valence-corrected chi connectivity index (χ0v) is 17.7. The molecule has 1 N–H and O–H groups in total. The van der Waals surface area contributed by atoms with Crippen molar-refractivity contribution in [3.05, 3.63) is 58.3 Å². The quantitative estimate of drug-likeness (QED) is 0.676. The predicted octanol–water partition coefficient (Wildman–Crippen LogP) is 5.24. The van der Waals surface area contributed by atoms with Gasteiger partial charge in [0.25, 0.3) is 0 Å². The zero-order chi connectivity index (χ0) is 20.6. The lowest BCUT2D eigenvalue weighted by atomic mass is 10.0. The molecule has 9 heteroatoms. The molecule has 2 aliphatic heterocycles. The van der Waals surface area contributed by atoms with Gasteiger partial charge in [0.2, 0.25) is 5.91 Å². The van der Waals surface area contributed by atoms with Crippen molar-refractivity contribution in [3.8, 4) is 0 Å². The Balaban J connectivity index is 1.45. The summed E-state index contributed by atoms with van der Waals surface area (Å²) in [5.41, 5.74) is 1.19. The van der Waals surface area contributed by atoms with E-state index >= 15 is 0 Å². The molecular formula is C20H18Cl2FN3O2S. The molecule has 2 aliphatic rings. The number of carbonyl (C=O) groups excluding carboxylic acids is 2. The molecule has 2 fully saturated rings. The van der Waals surface area contributed by atoms with Gasteiger partial charge in [-0.3, -0.25) is 9.69 Å². The van der Waals surface area contributed by atoms with Crippen LogP contribution in [0.15, 0.2) is 42.5 Å².